The Balaban J connectivity index is 1.44. The number of nitrogens with zero attached hydrogens (tertiary/aromatic N) is 1. The molecule has 1 aromatic heterocycles. The van der Waals surface area contributed by atoms with Gasteiger partial charge < -0.3 is 15.0 Å². The minimum atomic E-state index is -0.357. The van der Waals surface area contributed by atoms with Crippen LogP contribution in [0.1, 0.15) is 56.1 Å². The molecule has 0 fully saturated rings. The number of allylic oxidation sites excluding steroid dienone is 4. The van der Waals surface area contributed by atoms with Gasteiger partial charge in [0.1, 0.15) is 5.82 Å². The Hall–Kier alpha value is -2.34. The molecule has 0 saturated heterocycles. The number of carbonyl (C=O) groups excluding carboxylic acids is 1. The number of nitrogens with one attached hydrogen (secondary N) is 2. The molecular weight excluding hydrogens is 442 g/mol. The fraction of sp³-hybridized carbons (Fsp3) is 0.417. The van der Waals surface area contributed by atoms with Gasteiger partial charge in [-0.05, 0) is 24.0 Å². The molecule has 0 aliphatic heterocycles. The lowest BCUT2D eigenvalue weighted by Crippen LogP contribution is -2.27. The number of ether oxygens (including phenoxy) is 1. The first-order chi connectivity index (χ1) is 14.6. The first kappa shape index (κ1) is 22.3. The summed E-state index contributed by atoms with van der Waals surface area (Å²) in [4.78, 5) is 19.6. The van der Waals surface area contributed by atoms with Crippen LogP contribution in [0.4, 0.5) is 4.79 Å². The number of alkyl carbamates (subject to hydrolysis) is 1. The van der Waals surface area contributed by atoms with E-state index < -0.39 is 0 Å². The third-order valence-electron chi connectivity index (χ3n) is 5.19. The summed E-state index contributed by atoms with van der Waals surface area (Å²) >= 11 is 3.86. The van der Waals surface area contributed by atoms with E-state index in [1.165, 1.54) is 24.0 Å². The number of alkyl halides is 1. The molecule has 30 heavy (non-hydrogen) atoms. The molecule has 0 bridgehead atoms. The molecule has 1 heterocycles. The Morgan fingerprint density at radius 1 is 1.27 bits per heavy atom. The second-order valence-corrected chi connectivity index (χ2v) is 8.96. The molecule has 3 rings (SSSR count). The number of rotatable bonds is 10. The van der Waals surface area contributed by atoms with Crippen molar-refractivity contribution in [2.24, 2.45) is 0 Å². The fourth-order valence-corrected chi connectivity index (χ4v) is 3.88. The number of unbranched alkanes of at least 4 members (excludes halogenated alkanes) is 3. The lowest BCUT2D eigenvalue weighted by molar-refractivity contribution is 0.144. The molecule has 1 aliphatic carbocycles. The van der Waals surface area contributed by atoms with Crippen molar-refractivity contribution in [3.05, 3.63) is 71.8 Å². The van der Waals surface area contributed by atoms with Gasteiger partial charge in [-0.2, -0.15) is 0 Å². The van der Waals surface area contributed by atoms with E-state index in [0.717, 1.165) is 30.8 Å². The van der Waals surface area contributed by atoms with Gasteiger partial charge >= 0.3 is 6.09 Å². The maximum absolute atomic E-state index is 11.7. The summed E-state index contributed by atoms with van der Waals surface area (Å²) in [5.74, 6) is 0.846. The van der Waals surface area contributed by atoms with E-state index in [1.54, 1.807) is 0 Å². The highest BCUT2D eigenvalue weighted by molar-refractivity contribution is 9.09. The van der Waals surface area contributed by atoms with E-state index in [1.807, 2.05) is 12.3 Å². The number of hydrogen-bond donors (Lipinski definition) is 2. The lowest BCUT2D eigenvalue weighted by Gasteiger charge is -2.24. The van der Waals surface area contributed by atoms with Crippen LogP contribution in [0.15, 0.2) is 54.8 Å². The Morgan fingerprint density at radius 2 is 2.10 bits per heavy atom. The molecule has 0 spiro atoms. The molecule has 1 amide bonds. The Morgan fingerprint density at radius 3 is 2.83 bits per heavy atom. The summed E-state index contributed by atoms with van der Waals surface area (Å²) < 4.78 is 4.90. The molecule has 1 aromatic carbocycles. The maximum Gasteiger partial charge on any atom is 0.407 e. The quantitative estimate of drug-likeness (QED) is 0.335. The van der Waals surface area contributed by atoms with Gasteiger partial charge in [0.25, 0.3) is 0 Å². The number of H-pyrrole nitrogens is 1. The van der Waals surface area contributed by atoms with E-state index in [2.05, 4.69) is 80.6 Å². The number of benzene rings is 1. The van der Waals surface area contributed by atoms with Crippen molar-refractivity contribution in [1.29, 1.82) is 0 Å². The maximum atomic E-state index is 11.7. The Bertz CT molecular complexity index is 876. The van der Waals surface area contributed by atoms with Crippen LogP contribution in [-0.2, 0) is 15.5 Å². The normalized spacial score (nSPS) is 18.1. The van der Waals surface area contributed by atoms with Crippen molar-refractivity contribution in [1.82, 2.24) is 15.3 Å². The van der Waals surface area contributed by atoms with E-state index in [-0.39, 0.29) is 10.4 Å². The molecule has 1 unspecified atom stereocenters. The van der Waals surface area contributed by atoms with Gasteiger partial charge in [-0.25, -0.2) is 9.78 Å². The number of carbonyl (C=O) groups is 1. The molecular formula is C24H30BrN3O2. The predicted octanol–water partition coefficient (Wildman–Crippen LogP) is 5.89. The average molecular weight is 472 g/mol. The zero-order valence-corrected chi connectivity index (χ0v) is 19.1. The van der Waals surface area contributed by atoms with Crippen LogP contribution in [0.2, 0.25) is 0 Å². The van der Waals surface area contributed by atoms with E-state index >= 15 is 0 Å². The van der Waals surface area contributed by atoms with Crippen LogP contribution in [-0.4, -0.2) is 29.2 Å². The topological polar surface area (TPSA) is 67.0 Å². The van der Waals surface area contributed by atoms with Crippen LogP contribution >= 0.6 is 15.9 Å². The highest BCUT2D eigenvalue weighted by Crippen LogP contribution is 2.40. The third-order valence-corrected chi connectivity index (χ3v) is 6.21. The standard InChI is InChI=1S/C24H30BrN3O2/c1-2-3-4-8-17-30-23(29)26-16-13-22-27-18-21(28-22)24(25)14-11-20(12-15-24)19-9-6-5-7-10-19/h5-7,9-12,14,18H,2-4,8,13,15-17H2,1H3,(H,26,29)(H,27,28). The van der Waals surface area contributed by atoms with Crippen LogP contribution < -0.4 is 5.32 Å². The van der Waals surface area contributed by atoms with Gasteiger partial charge in [-0.15, -0.1) is 0 Å². The van der Waals surface area contributed by atoms with Crippen molar-refractivity contribution >= 4 is 27.6 Å². The van der Waals surface area contributed by atoms with Gasteiger partial charge in [-0.1, -0.05) is 90.7 Å². The second-order valence-electron chi connectivity index (χ2n) is 7.54. The second kappa shape index (κ2) is 11.2. The smallest absolute Gasteiger partial charge is 0.407 e. The third kappa shape index (κ3) is 6.33. The molecule has 6 heteroatoms. The van der Waals surface area contributed by atoms with Crippen molar-refractivity contribution in [2.75, 3.05) is 13.2 Å². The molecule has 0 radical (unpaired) electrons. The van der Waals surface area contributed by atoms with Crippen molar-refractivity contribution < 1.29 is 9.53 Å². The molecule has 2 aromatic rings. The van der Waals surface area contributed by atoms with Crippen molar-refractivity contribution in [3.8, 4) is 0 Å². The Kier molecular flexibility index (Phi) is 8.31. The van der Waals surface area contributed by atoms with Crippen molar-refractivity contribution in [2.45, 2.75) is 49.8 Å². The summed E-state index contributed by atoms with van der Waals surface area (Å²) in [6, 6.07) is 10.4. The average Bonchev–Trinajstić information content (AvgIpc) is 3.25. The SMILES string of the molecule is CCCCCCOC(=O)NCCc1ncc(C2(Br)C=CC(c3ccccc3)=CC2)[nH]1. The summed E-state index contributed by atoms with van der Waals surface area (Å²) in [6.45, 7) is 3.13. The fourth-order valence-electron chi connectivity index (χ4n) is 3.39. The molecule has 1 aliphatic rings. The van der Waals surface area contributed by atoms with Gasteiger partial charge in [0.05, 0.1) is 22.8 Å². The summed E-state index contributed by atoms with van der Waals surface area (Å²) in [5.41, 5.74) is 3.45. The summed E-state index contributed by atoms with van der Waals surface area (Å²) in [6.07, 6.45) is 13.9. The number of aromatic amines is 1. The Labute approximate surface area is 187 Å². The zero-order valence-electron chi connectivity index (χ0n) is 17.5. The number of hydrogen-bond acceptors (Lipinski definition) is 3. The summed E-state index contributed by atoms with van der Waals surface area (Å²) in [5, 5.41) is 2.79. The molecule has 2 N–H and O–H groups in total. The minimum absolute atomic E-state index is 0.290. The zero-order chi connectivity index (χ0) is 21.2. The molecule has 5 nitrogen and oxygen atoms in total. The highest BCUT2D eigenvalue weighted by Gasteiger charge is 2.29. The van der Waals surface area contributed by atoms with E-state index in [4.69, 9.17) is 4.74 Å². The first-order valence-corrected chi connectivity index (χ1v) is 11.5. The summed E-state index contributed by atoms with van der Waals surface area (Å²) in [7, 11) is 0. The largest absolute Gasteiger partial charge is 0.450 e. The highest BCUT2D eigenvalue weighted by atomic mass is 79.9. The number of aromatic nitrogens is 2. The van der Waals surface area contributed by atoms with E-state index in [0.29, 0.717) is 19.6 Å². The van der Waals surface area contributed by atoms with Gasteiger partial charge in [0.2, 0.25) is 0 Å². The van der Waals surface area contributed by atoms with E-state index in [9.17, 15) is 4.79 Å². The van der Waals surface area contributed by atoms with Crippen LogP contribution in [0.3, 0.4) is 0 Å². The van der Waals surface area contributed by atoms with Gasteiger partial charge in [0, 0.05) is 13.0 Å². The van der Waals surface area contributed by atoms with Gasteiger partial charge in [0.15, 0.2) is 0 Å². The first-order valence-electron chi connectivity index (χ1n) is 10.7. The van der Waals surface area contributed by atoms with Crippen molar-refractivity contribution in [3.63, 3.8) is 0 Å². The molecule has 160 valence electrons. The van der Waals surface area contributed by atoms with Crippen LogP contribution in [0.5, 0.6) is 0 Å². The van der Waals surface area contributed by atoms with Gasteiger partial charge in [-0.3, -0.25) is 0 Å². The minimum Gasteiger partial charge on any atom is -0.450 e. The molecule has 1 atom stereocenters. The molecule has 0 saturated carbocycles. The monoisotopic (exact) mass is 471 g/mol. The van der Waals surface area contributed by atoms with Crippen LogP contribution in [0, 0.1) is 0 Å². The number of halogens is 1. The van der Waals surface area contributed by atoms with Crippen LogP contribution in [0.25, 0.3) is 5.57 Å². The number of amides is 1. The predicted molar refractivity (Wildman–Crippen MR) is 125 cm³/mol. The lowest BCUT2D eigenvalue weighted by atomic mass is 9.91. The number of imidazole rings is 1.